The second kappa shape index (κ2) is 7.52. The summed E-state index contributed by atoms with van der Waals surface area (Å²) < 4.78 is 37.4. The van der Waals surface area contributed by atoms with Gasteiger partial charge in [0.05, 0.1) is 11.3 Å². The normalized spacial score (nSPS) is 11.3. The first-order valence-electron chi connectivity index (χ1n) is 6.83. The zero-order valence-electron chi connectivity index (χ0n) is 12.6. The molecule has 0 radical (unpaired) electrons. The molecule has 2 N–H and O–H groups in total. The van der Waals surface area contributed by atoms with Gasteiger partial charge in [-0.25, -0.2) is 4.98 Å². The summed E-state index contributed by atoms with van der Waals surface area (Å²) in [5.74, 6) is 0.271. The van der Waals surface area contributed by atoms with Crippen LogP contribution in [0.5, 0.6) is 0 Å². The van der Waals surface area contributed by atoms with E-state index >= 15 is 0 Å². The van der Waals surface area contributed by atoms with Gasteiger partial charge in [0, 0.05) is 12.6 Å². The molecule has 0 saturated carbocycles. The monoisotopic (exact) mass is 357 g/mol. The summed E-state index contributed by atoms with van der Waals surface area (Å²) in [5, 5.41) is 2.53. The summed E-state index contributed by atoms with van der Waals surface area (Å²) in [5.41, 5.74) is -0.718. The van der Waals surface area contributed by atoms with Gasteiger partial charge in [-0.15, -0.1) is 0 Å². The summed E-state index contributed by atoms with van der Waals surface area (Å²) in [6.45, 7) is 0.0311. The average molecular weight is 357 g/mol. The van der Waals surface area contributed by atoms with Crippen molar-refractivity contribution in [2.24, 2.45) is 0 Å². The van der Waals surface area contributed by atoms with E-state index in [0.29, 0.717) is 17.1 Å². The number of nitrogens with zero attached hydrogens (tertiary/aromatic N) is 1. The van der Waals surface area contributed by atoms with Gasteiger partial charge in [0.1, 0.15) is 11.5 Å². The Balaban J connectivity index is 2.04. The van der Waals surface area contributed by atoms with Gasteiger partial charge in [-0.2, -0.15) is 24.9 Å². The quantitative estimate of drug-likeness (QED) is 0.863. The van der Waals surface area contributed by atoms with E-state index in [1.807, 2.05) is 6.26 Å². The van der Waals surface area contributed by atoms with Crippen LogP contribution in [-0.2, 0) is 18.5 Å². The van der Waals surface area contributed by atoms with Crippen molar-refractivity contribution in [1.82, 2.24) is 15.3 Å². The lowest BCUT2D eigenvalue weighted by Gasteiger charge is -2.09. The number of alkyl halides is 3. The van der Waals surface area contributed by atoms with Gasteiger partial charge in [0.2, 0.25) is 0 Å². The number of nitrogens with one attached hydrogen (secondary N) is 2. The molecule has 0 spiro atoms. The Morgan fingerprint density at radius 3 is 2.54 bits per heavy atom. The van der Waals surface area contributed by atoms with Gasteiger partial charge in [-0.05, 0) is 24.0 Å². The molecule has 0 aliphatic heterocycles. The van der Waals surface area contributed by atoms with Gasteiger partial charge in [0.15, 0.2) is 0 Å². The largest absolute Gasteiger partial charge is 0.416 e. The Hall–Kier alpha value is -2.29. The molecule has 0 aliphatic rings. The third-order valence-electron chi connectivity index (χ3n) is 3.04. The number of hydrogen-bond acceptors (Lipinski definition) is 4. The fourth-order valence-corrected chi connectivity index (χ4v) is 2.32. The maximum atomic E-state index is 12.5. The minimum absolute atomic E-state index is 0.0311. The molecule has 1 heterocycles. The number of halogens is 3. The number of H-pyrrole nitrogens is 1. The highest BCUT2D eigenvalue weighted by atomic mass is 32.2. The third-order valence-corrected chi connectivity index (χ3v) is 3.60. The van der Waals surface area contributed by atoms with Gasteiger partial charge >= 0.3 is 6.18 Å². The third kappa shape index (κ3) is 4.85. The van der Waals surface area contributed by atoms with E-state index < -0.39 is 23.2 Å². The van der Waals surface area contributed by atoms with E-state index in [-0.39, 0.29) is 12.2 Å². The van der Waals surface area contributed by atoms with E-state index in [1.54, 1.807) is 0 Å². The second-order valence-electron chi connectivity index (χ2n) is 4.89. The molecule has 0 atom stereocenters. The molecule has 1 aromatic heterocycles. The van der Waals surface area contributed by atoms with Crippen LogP contribution in [0, 0.1) is 0 Å². The van der Waals surface area contributed by atoms with E-state index in [9.17, 15) is 22.8 Å². The Labute approximate surface area is 139 Å². The fourth-order valence-electron chi connectivity index (χ4n) is 1.91. The van der Waals surface area contributed by atoms with Crippen molar-refractivity contribution in [2.45, 2.75) is 18.5 Å². The number of carbonyl (C=O) groups excluding carboxylic acids is 1. The van der Waals surface area contributed by atoms with Crippen molar-refractivity contribution in [3.8, 4) is 0 Å². The number of rotatable bonds is 5. The minimum Gasteiger partial charge on any atom is -0.347 e. The Morgan fingerprint density at radius 1 is 1.29 bits per heavy atom. The van der Waals surface area contributed by atoms with Gasteiger partial charge in [0.25, 0.3) is 11.5 Å². The molecule has 0 unspecified atom stereocenters. The van der Waals surface area contributed by atoms with Crippen molar-refractivity contribution in [1.29, 1.82) is 0 Å². The summed E-state index contributed by atoms with van der Waals surface area (Å²) in [6, 6.07) is 5.54. The number of benzene rings is 1. The van der Waals surface area contributed by atoms with E-state index in [4.69, 9.17) is 0 Å². The smallest absolute Gasteiger partial charge is 0.347 e. The highest BCUT2D eigenvalue weighted by molar-refractivity contribution is 7.97. The molecule has 24 heavy (non-hydrogen) atoms. The number of aromatic nitrogens is 2. The molecule has 128 valence electrons. The predicted molar refractivity (Wildman–Crippen MR) is 84.7 cm³/mol. The fraction of sp³-hybridized carbons (Fsp3) is 0.267. The summed E-state index contributed by atoms with van der Waals surface area (Å²) in [7, 11) is 0. The van der Waals surface area contributed by atoms with Crippen LogP contribution in [0.2, 0.25) is 0 Å². The van der Waals surface area contributed by atoms with Crippen molar-refractivity contribution in [3.05, 3.63) is 63.3 Å². The van der Waals surface area contributed by atoms with Crippen LogP contribution in [0.3, 0.4) is 0 Å². The minimum atomic E-state index is -4.40. The molecule has 0 bridgehead atoms. The standard InChI is InChI=1S/C15H14F3N3O2S/c1-24-8-12-20-11(6-13(22)21-12)14(23)19-7-9-2-4-10(5-3-9)15(16,17)18/h2-6H,7-8H2,1H3,(H,19,23)(H,20,21,22). The molecule has 2 rings (SSSR count). The zero-order chi connectivity index (χ0) is 17.7. The molecule has 2 aromatic rings. The molecular formula is C15H14F3N3O2S. The molecule has 9 heteroatoms. The number of hydrogen-bond donors (Lipinski definition) is 2. The summed E-state index contributed by atoms with van der Waals surface area (Å²) in [6.07, 6.45) is -2.57. The first-order chi connectivity index (χ1) is 11.3. The summed E-state index contributed by atoms with van der Waals surface area (Å²) in [4.78, 5) is 30.1. The van der Waals surface area contributed by atoms with Gasteiger partial charge in [-0.1, -0.05) is 12.1 Å². The molecule has 0 aliphatic carbocycles. The maximum Gasteiger partial charge on any atom is 0.416 e. The Kier molecular flexibility index (Phi) is 5.66. The maximum absolute atomic E-state index is 12.5. The topological polar surface area (TPSA) is 74.8 Å². The molecule has 0 saturated heterocycles. The molecular weight excluding hydrogens is 343 g/mol. The van der Waals surface area contributed by atoms with Crippen molar-refractivity contribution >= 4 is 17.7 Å². The second-order valence-corrected chi connectivity index (χ2v) is 5.75. The first-order valence-corrected chi connectivity index (χ1v) is 8.22. The lowest BCUT2D eigenvalue weighted by Crippen LogP contribution is -2.26. The van der Waals surface area contributed by atoms with E-state index in [1.165, 1.54) is 23.9 Å². The highest BCUT2D eigenvalue weighted by Gasteiger charge is 2.29. The van der Waals surface area contributed by atoms with Gasteiger partial charge < -0.3 is 10.3 Å². The summed E-state index contributed by atoms with van der Waals surface area (Å²) >= 11 is 1.44. The molecule has 5 nitrogen and oxygen atoms in total. The SMILES string of the molecule is CSCc1nc(C(=O)NCc2ccc(C(F)(F)F)cc2)cc(=O)[nH]1. The lowest BCUT2D eigenvalue weighted by atomic mass is 10.1. The lowest BCUT2D eigenvalue weighted by molar-refractivity contribution is -0.137. The molecule has 1 amide bonds. The molecule has 0 fully saturated rings. The predicted octanol–water partition coefficient (Wildman–Crippen LogP) is 2.58. The average Bonchev–Trinajstić information content (AvgIpc) is 2.52. The van der Waals surface area contributed by atoms with Crippen molar-refractivity contribution < 1.29 is 18.0 Å². The number of thioether (sulfide) groups is 1. The van der Waals surface area contributed by atoms with Crippen LogP contribution in [-0.4, -0.2) is 22.1 Å². The van der Waals surface area contributed by atoms with Crippen LogP contribution < -0.4 is 10.9 Å². The highest BCUT2D eigenvalue weighted by Crippen LogP contribution is 2.29. The van der Waals surface area contributed by atoms with Crippen LogP contribution in [0.15, 0.2) is 35.1 Å². The van der Waals surface area contributed by atoms with Gasteiger partial charge in [-0.3, -0.25) is 9.59 Å². The Morgan fingerprint density at radius 2 is 1.96 bits per heavy atom. The van der Waals surface area contributed by atoms with E-state index in [2.05, 4.69) is 15.3 Å². The van der Waals surface area contributed by atoms with Crippen LogP contribution in [0.4, 0.5) is 13.2 Å². The number of carbonyl (C=O) groups is 1. The number of amides is 1. The van der Waals surface area contributed by atoms with Crippen molar-refractivity contribution in [2.75, 3.05) is 6.26 Å². The zero-order valence-corrected chi connectivity index (χ0v) is 13.4. The number of aromatic amines is 1. The van der Waals surface area contributed by atoms with Crippen LogP contribution in [0.25, 0.3) is 0 Å². The van der Waals surface area contributed by atoms with E-state index in [0.717, 1.165) is 18.2 Å². The van der Waals surface area contributed by atoms with Crippen LogP contribution >= 0.6 is 11.8 Å². The van der Waals surface area contributed by atoms with Crippen molar-refractivity contribution in [3.63, 3.8) is 0 Å². The molecule has 1 aromatic carbocycles. The first kappa shape index (κ1) is 18.1. The Bertz CT molecular complexity index is 773. The van der Waals surface area contributed by atoms with Crippen LogP contribution in [0.1, 0.15) is 27.4 Å².